The number of hydrogen-bond donors (Lipinski definition) is 3. The summed E-state index contributed by atoms with van der Waals surface area (Å²) in [7, 11) is 0. The quantitative estimate of drug-likeness (QED) is 0.721. The molecule has 0 saturated carbocycles. The molecule has 2 heterocycles. The second-order valence-electron chi connectivity index (χ2n) is 4.63. The summed E-state index contributed by atoms with van der Waals surface area (Å²) in [6, 6.07) is 3.20. The molecule has 20 heavy (non-hydrogen) atoms. The van der Waals surface area contributed by atoms with E-state index in [2.05, 4.69) is 10.6 Å². The smallest absolute Gasteiger partial charge is 0.305 e. The average molecular weight is 298 g/mol. The second-order valence-corrected chi connectivity index (χ2v) is 5.61. The van der Waals surface area contributed by atoms with Crippen LogP contribution in [0.25, 0.3) is 0 Å². The molecule has 6 nitrogen and oxygen atoms in total. The van der Waals surface area contributed by atoms with Gasteiger partial charge >= 0.3 is 5.97 Å². The van der Waals surface area contributed by atoms with Crippen molar-refractivity contribution in [2.75, 3.05) is 19.7 Å². The van der Waals surface area contributed by atoms with Crippen LogP contribution in [-0.2, 0) is 14.3 Å². The summed E-state index contributed by atoms with van der Waals surface area (Å²) in [5.74, 6) is -1.11. The largest absolute Gasteiger partial charge is 0.481 e. The second kappa shape index (κ2) is 7.37. The fourth-order valence-corrected chi connectivity index (χ4v) is 2.88. The molecule has 1 aromatic heterocycles. The van der Waals surface area contributed by atoms with Crippen LogP contribution in [0.2, 0.25) is 0 Å². The minimum absolute atomic E-state index is 0.115. The Labute approximate surface area is 121 Å². The maximum atomic E-state index is 12.0. The van der Waals surface area contributed by atoms with Crippen LogP contribution >= 0.6 is 11.3 Å². The number of thiophene rings is 1. The van der Waals surface area contributed by atoms with Crippen molar-refractivity contribution in [2.45, 2.75) is 25.0 Å². The van der Waals surface area contributed by atoms with E-state index >= 15 is 0 Å². The van der Waals surface area contributed by atoms with E-state index in [4.69, 9.17) is 9.84 Å². The summed E-state index contributed by atoms with van der Waals surface area (Å²) >= 11 is 1.44. The third-order valence-corrected chi connectivity index (χ3v) is 4.00. The molecular weight excluding hydrogens is 280 g/mol. The van der Waals surface area contributed by atoms with E-state index < -0.39 is 12.0 Å². The Morgan fingerprint density at radius 1 is 1.60 bits per heavy atom. The first kappa shape index (κ1) is 15.0. The Hall–Kier alpha value is -1.44. The van der Waals surface area contributed by atoms with Crippen molar-refractivity contribution in [1.82, 2.24) is 10.6 Å². The number of nitrogens with one attached hydrogen (secondary N) is 2. The molecule has 2 atom stereocenters. The third-order valence-electron chi connectivity index (χ3n) is 3.02. The van der Waals surface area contributed by atoms with Crippen molar-refractivity contribution in [3.63, 3.8) is 0 Å². The zero-order chi connectivity index (χ0) is 14.4. The van der Waals surface area contributed by atoms with Crippen LogP contribution in [0.1, 0.15) is 23.8 Å². The number of hydrogen-bond acceptors (Lipinski definition) is 5. The van der Waals surface area contributed by atoms with Gasteiger partial charge in [-0.1, -0.05) is 6.07 Å². The van der Waals surface area contributed by atoms with Gasteiger partial charge in [0.1, 0.15) is 0 Å². The van der Waals surface area contributed by atoms with E-state index in [0.717, 1.165) is 11.4 Å². The van der Waals surface area contributed by atoms with E-state index in [1.165, 1.54) is 11.3 Å². The lowest BCUT2D eigenvalue weighted by Crippen LogP contribution is -2.42. The number of rotatable bonds is 6. The zero-order valence-corrected chi connectivity index (χ0v) is 11.8. The SMILES string of the molecule is O=C(O)CC(NC(=O)CC1CNCCO1)c1cccs1. The topological polar surface area (TPSA) is 87.7 Å². The van der Waals surface area contributed by atoms with E-state index in [1.54, 1.807) is 0 Å². The summed E-state index contributed by atoms with van der Waals surface area (Å²) < 4.78 is 5.46. The van der Waals surface area contributed by atoms with Crippen molar-refractivity contribution in [1.29, 1.82) is 0 Å². The number of amides is 1. The Bertz CT molecular complexity index is 443. The van der Waals surface area contributed by atoms with Gasteiger partial charge in [0.15, 0.2) is 0 Å². The van der Waals surface area contributed by atoms with Crippen molar-refractivity contribution in [2.24, 2.45) is 0 Å². The average Bonchev–Trinajstić information content (AvgIpc) is 2.92. The third kappa shape index (κ3) is 4.59. The summed E-state index contributed by atoms with van der Waals surface area (Å²) in [4.78, 5) is 23.7. The Morgan fingerprint density at radius 2 is 2.45 bits per heavy atom. The monoisotopic (exact) mass is 298 g/mol. The normalized spacial score (nSPS) is 20.3. The van der Waals surface area contributed by atoms with Crippen LogP contribution in [-0.4, -0.2) is 42.8 Å². The van der Waals surface area contributed by atoms with Gasteiger partial charge in [0.2, 0.25) is 5.91 Å². The summed E-state index contributed by atoms with van der Waals surface area (Å²) in [6.07, 6.45) is -0.0117. The van der Waals surface area contributed by atoms with Gasteiger partial charge in [-0.25, -0.2) is 0 Å². The van der Waals surface area contributed by atoms with Crippen molar-refractivity contribution in [3.05, 3.63) is 22.4 Å². The van der Waals surface area contributed by atoms with Gasteiger partial charge in [0.05, 0.1) is 31.6 Å². The maximum absolute atomic E-state index is 12.0. The minimum atomic E-state index is -0.931. The zero-order valence-electron chi connectivity index (χ0n) is 11.0. The molecule has 1 saturated heterocycles. The molecule has 3 N–H and O–H groups in total. The number of carboxylic acid groups (broad SMARTS) is 1. The van der Waals surface area contributed by atoms with Crippen molar-refractivity contribution >= 4 is 23.2 Å². The highest BCUT2D eigenvalue weighted by atomic mass is 32.1. The predicted octanol–water partition coefficient (Wildman–Crippen LogP) is 0.759. The predicted molar refractivity (Wildman–Crippen MR) is 74.7 cm³/mol. The lowest BCUT2D eigenvalue weighted by molar-refractivity contribution is -0.137. The van der Waals surface area contributed by atoms with Crippen LogP contribution in [0.3, 0.4) is 0 Å². The molecule has 0 bridgehead atoms. The molecule has 1 fully saturated rings. The highest BCUT2D eigenvalue weighted by molar-refractivity contribution is 7.10. The Kier molecular flexibility index (Phi) is 5.51. The highest BCUT2D eigenvalue weighted by Gasteiger charge is 2.22. The molecule has 0 spiro atoms. The molecule has 0 radical (unpaired) electrons. The standard InChI is InChI=1S/C13H18N2O4S/c16-12(6-9-8-14-3-4-19-9)15-10(7-13(17)18)11-2-1-5-20-11/h1-2,5,9-10,14H,3-4,6-8H2,(H,15,16)(H,17,18). The highest BCUT2D eigenvalue weighted by Crippen LogP contribution is 2.22. The Morgan fingerprint density at radius 3 is 3.05 bits per heavy atom. The van der Waals surface area contributed by atoms with Crippen LogP contribution in [0.5, 0.6) is 0 Å². The van der Waals surface area contributed by atoms with Crippen molar-refractivity contribution in [3.8, 4) is 0 Å². The molecule has 2 rings (SSSR count). The molecule has 1 aliphatic rings. The number of carbonyl (C=O) groups is 2. The first-order chi connectivity index (χ1) is 9.65. The fourth-order valence-electron chi connectivity index (χ4n) is 2.10. The van der Waals surface area contributed by atoms with Gasteiger partial charge in [-0.3, -0.25) is 9.59 Å². The van der Waals surface area contributed by atoms with Gasteiger partial charge < -0.3 is 20.5 Å². The maximum Gasteiger partial charge on any atom is 0.305 e. The number of morpholine rings is 1. The van der Waals surface area contributed by atoms with Gasteiger partial charge in [0, 0.05) is 18.0 Å². The van der Waals surface area contributed by atoms with E-state index in [-0.39, 0.29) is 24.9 Å². The summed E-state index contributed by atoms with van der Waals surface area (Å²) in [6.45, 7) is 2.05. The summed E-state index contributed by atoms with van der Waals surface area (Å²) in [5.41, 5.74) is 0. The molecular formula is C13H18N2O4S. The van der Waals surface area contributed by atoms with Crippen LogP contribution in [0.15, 0.2) is 17.5 Å². The molecule has 0 aliphatic carbocycles. The van der Waals surface area contributed by atoms with E-state index in [0.29, 0.717) is 13.2 Å². The minimum Gasteiger partial charge on any atom is -0.481 e. The van der Waals surface area contributed by atoms with Gasteiger partial charge in [0.25, 0.3) is 0 Å². The van der Waals surface area contributed by atoms with Gasteiger partial charge in [-0.2, -0.15) is 0 Å². The number of aliphatic carboxylic acids is 1. The number of carboxylic acids is 1. The first-order valence-electron chi connectivity index (χ1n) is 6.52. The molecule has 1 amide bonds. The molecule has 7 heteroatoms. The van der Waals surface area contributed by atoms with Crippen LogP contribution in [0.4, 0.5) is 0 Å². The summed E-state index contributed by atoms with van der Waals surface area (Å²) in [5, 5.41) is 16.7. The lowest BCUT2D eigenvalue weighted by Gasteiger charge is -2.24. The van der Waals surface area contributed by atoms with Crippen LogP contribution in [0, 0.1) is 0 Å². The van der Waals surface area contributed by atoms with E-state index in [1.807, 2.05) is 17.5 Å². The number of ether oxygens (including phenoxy) is 1. The molecule has 2 unspecified atom stereocenters. The number of carbonyl (C=O) groups excluding carboxylic acids is 1. The molecule has 1 aromatic rings. The first-order valence-corrected chi connectivity index (χ1v) is 7.40. The lowest BCUT2D eigenvalue weighted by atomic mass is 10.1. The van der Waals surface area contributed by atoms with Crippen molar-refractivity contribution < 1.29 is 19.4 Å². The van der Waals surface area contributed by atoms with Gasteiger partial charge in [-0.05, 0) is 11.4 Å². The molecule has 0 aromatic carbocycles. The molecule has 1 aliphatic heterocycles. The van der Waals surface area contributed by atoms with Crippen LogP contribution < -0.4 is 10.6 Å². The Balaban J connectivity index is 1.89. The van der Waals surface area contributed by atoms with E-state index in [9.17, 15) is 9.59 Å². The fraction of sp³-hybridized carbons (Fsp3) is 0.538. The molecule has 110 valence electrons. The van der Waals surface area contributed by atoms with Gasteiger partial charge in [-0.15, -0.1) is 11.3 Å².